The summed E-state index contributed by atoms with van der Waals surface area (Å²) in [5, 5.41) is 0. The molecule has 1 atom stereocenters. The SMILES string of the molecule is C=C.C=Cc1c(C)c(C2=C(/C)C(C)c3ccccc3/C(C)=C(C)/C=C\2)cc(-c2ccc(-c3ccccc3)cc2)c1C=C(C)C.CC.CS. The number of thiol groups is 1. The zero-order valence-corrected chi connectivity index (χ0v) is 31.9. The maximum atomic E-state index is 4.30. The van der Waals surface area contributed by atoms with Gasteiger partial charge >= 0.3 is 0 Å². The molecular formula is C47H56S. The summed E-state index contributed by atoms with van der Waals surface area (Å²) >= 11 is 3.53. The largest absolute Gasteiger partial charge is 0.183 e. The van der Waals surface area contributed by atoms with E-state index in [1.165, 1.54) is 83.5 Å². The second kappa shape index (κ2) is 19.5. The molecule has 0 N–H and O–H groups in total. The third-order valence-electron chi connectivity index (χ3n) is 8.90. The van der Waals surface area contributed by atoms with Crippen LogP contribution in [0.15, 0.2) is 134 Å². The third kappa shape index (κ3) is 8.97. The van der Waals surface area contributed by atoms with Gasteiger partial charge in [0.05, 0.1) is 0 Å². The highest BCUT2D eigenvalue weighted by Crippen LogP contribution is 2.42. The summed E-state index contributed by atoms with van der Waals surface area (Å²) in [6, 6.07) is 30.9. The molecule has 1 unspecified atom stereocenters. The van der Waals surface area contributed by atoms with Crippen molar-refractivity contribution in [2.24, 2.45) is 0 Å². The molecule has 0 bridgehead atoms. The maximum absolute atomic E-state index is 4.30. The number of allylic oxidation sites excluding steroid dienone is 7. The molecule has 0 aromatic heterocycles. The first-order valence-corrected chi connectivity index (χ1v) is 17.8. The van der Waals surface area contributed by atoms with E-state index in [-0.39, 0.29) is 5.92 Å². The van der Waals surface area contributed by atoms with E-state index in [9.17, 15) is 0 Å². The van der Waals surface area contributed by atoms with Gasteiger partial charge in [0.25, 0.3) is 0 Å². The Hall–Kier alpha value is -4.33. The van der Waals surface area contributed by atoms with Gasteiger partial charge in [-0.3, -0.25) is 0 Å². The Morgan fingerprint density at radius 2 is 1.21 bits per heavy atom. The normalized spacial score (nSPS) is 17.2. The van der Waals surface area contributed by atoms with Crippen molar-refractivity contribution in [1.29, 1.82) is 0 Å². The lowest BCUT2D eigenvalue weighted by molar-refractivity contribution is 0.893. The molecule has 0 spiro atoms. The lowest BCUT2D eigenvalue weighted by Crippen LogP contribution is -2.04. The van der Waals surface area contributed by atoms with E-state index in [1.807, 2.05) is 19.9 Å². The van der Waals surface area contributed by atoms with Crippen LogP contribution in [-0.4, -0.2) is 6.26 Å². The minimum absolute atomic E-state index is 0.277. The molecular weight excluding hydrogens is 597 g/mol. The van der Waals surface area contributed by atoms with Crippen LogP contribution in [0.25, 0.3) is 45.6 Å². The molecule has 0 radical (unpaired) electrons. The smallest absolute Gasteiger partial charge is 0.00323 e. The Morgan fingerprint density at radius 1 is 0.667 bits per heavy atom. The number of hydrogen-bond donors (Lipinski definition) is 1. The average molecular weight is 653 g/mol. The van der Waals surface area contributed by atoms with Crippen LogP contribution in [-0.2, 0) is 0 Å². The summed E-state index contributed by atoms with van der Waals surface area (Å²) in [4.78, 5) is 0. The fraction of sp³-hybridized carbons (Fsp3) is 0.234. The van der Waals surface area contributed by atoms with E-state index in [1.54, 1.807) is 6.26 Å². The van der Waals surface area contributed by atoms with Gasteiger partial charge in [0.1, 0.15) is 0 Å². The molecule has 48 heavy (non-hydrogen) atoms. The van der Waals surface area contributed by atoms with E-state index in [4.69, 9.17) is 0 Å². The van der Waals surface area contributed by atoms with Gasteiger partial charge in [0.15, 0.2) is 0 Å². The molecule has 250 valence electrons. The Balaban J connectivity index is 0.00000126. The van der Waals surface area contributed by atoms with E-state index in [0.717, 1.165) is 0 Å². The standard InChI is InChI=1S/C42H42.C2H6.C2H4.CH4S/c1-9-36-32(8)40(39-24-19-28(4)29(5)37-17-13-14-18-38(37)30(6)31(39)7)26-41(42(36)25-27(2)3)35-22-20-34(21-23-35)33-15-11-10-12-16-33;3*1-2/h9-26,30H,1H2,2-8H3;1-2H3;1-2H2;2H,1H3/b24-19-,29-28+,39-31-;;;. The lowest BCUT2D eigenvalue weighted by atomic mass is 9.81. The van der Waals surface area contributed by atoms with Crippen molar-refractivity contribution in [2.45, 2.75) is 68.2 Å². The fourth-order valence-electron chi connectivity index (χ4n) is 6.18. The van der Waals surface area contributed by atoms with Crippen molar-refractivity contribution in [2.75, 3.05) is 6.26 Å². The lowest BCUT2D eigenvalue weighted by Gasteiger charge is -2.23. The number of hydrogen-bond acceptors (Lipinski definition) is 1. The summed E-state index contributed by atoms with van der Waals surface area (Å²) < 4.78 is 0. The molecule has 0 aliphatic heterocycles. The van der Waals surface area contributed by atoms with Crippen LogP contribution >= 0.6 is 12.6 Å². The summed E-state index contributed by atoms with van der Waals surface area (Å²) in [7, 11) is 0. The van der Waals surface area contributed by atoms with Gasteiger partial charge in [-0.2, -0.15) is 12.6 Å². The van der Waals surface area contributed by atoms with Gasteiger partial charge in [-0.15, -0.1) is 13.2 Å². The maximum Gasteiger partial charge on any atom is 0.00323 e. The van der Waals surface area contributed by atoms with Gasteiger partial charge in [-0.1, -0.05) is 142 Å². The van der Waals surface area contributed by atoms with E-state index in [0.29, 0.717) is 0 Å². The first-order valence-electron chi connectivity index (χ1n) is 16.9. The van der Waals surface area contributed by atoms with Crippen LogP contribution in [0.5, 0.6) is 0 Å². The Bertz CT molecular complexity index is 1790. The van der Waals surface area contributed by atoms with Crippen LogP contribution in [0.1, 0.15) is 94.7 Å². The predicted octanol–water partition coefficient (Wildman–Crippen LogP) is 14.7. The van der Waals surface area contributed by atoms with Crippen LogP contribution in [0.2, 0.25) is 0 Å². The summed E-state index contributed by atoms with van der Waals surface area (Å²) in [6.45, 7) is 30.0. The Labute approximate surface area is 298 Å². The number of benzene rings is 4. The zero-order chi connectivity index (χ0) is 36.0. The Morgan fingerprint density at radius 3 is 1.79 bits per heavy atom. The molecule has 4 aromatic rings. The van der Waals surface area contributed by atoms with Crippen LogP contribution < -0.4 is 0 Å². The molecule has 1 aliphatic rings. The minimum atomic E-state index is 0.277. The molecule has 4 aromatic carbocycles. The highest BCUT2D eigenvalue weighted by molar-refractivity contribution is 7.79. The molecule has 1 aliphatic carbocycles. The van der Waals surface area contributed by atoms with Crippen LogP contribution in [0.4, 0.5) is 0 Å². The highest BCUT2D eigenvalue weighted by Gasteiger charge is 2.22. The van der Waals surface area contributed by atoms with E-state index >= 15 is 0 Å². The molecule has 0 saturated carbocycles. The van der Waals surface area contributed by atoms with E-state index < -0.39 is 0 Å². The molecule has 0 heterocycles. The van der Waals surface area contributed by atoms with Gasteiger partial charge in [-0.25, -0.2) is 0 Å². The van der Waals surface area contributed by atoms with Gasteiger partial charge < -0.3 is 0 Å². The van der Waals surface area contributed by atoms with Crippen molar-refractivity contribution < 1.29 is 0 Å². The third-order valence-corrected chi connectivity index (χ3v) is 8.90. The summed E-state index contributed by atoms with van der Waals surface area (Å²) in [6.07, 6.45) is 10.7. The minimum Gasteiger partial charge on any atom is -0.183 e. The van der Waals surface area contributed by atoms with E-state index in [2.05, 4.69) is 184 Å². The Kier molecular flexibility index (Phi) is 16.2. The molecule has 0 fully saturated rings. The molecule has 1 heteroatoms. The predicted molar refractivity (Wildman–Crippen MR) is 224 cm³/mol. The second-order valence-electron chi connectivity index (χ2n) is 11.8. The molecule has 0 saturated heterocycles. The van der Waals surface area contributed by atoms with Crippen molar-refractivity contribution in [3.05, 3.63) is 167 Å². The topological polar surface area (TPSA) is 0 Å². The average Bonchev–Trinajstić information content (AvgIpc) is 3.17. The van der Waals surface area contributed by atoms with Crippen LogP contribution in [0, 0.1) is 6.92 Å². The van der Waals surface area contributed by atoms with Gasteiger partial charge in [0.2, 0.25) is 0 Å². The van der Waals surface area contributed by atoms with Crippen molar-refractivity contribution >= 4 is 35.9 Å². The van der Waals surface area contributed by atoms with Gasteiger partial charge in [0, 0.05) is 5.92 Å². The first kappa shape index (κ1) is 39.8. The fourth-order valence-corrected chi connectivity index (χ4v) is 6.18. The molecule has 0 amide bonds. The van der Waals surface area contributed by atoms with Crippen molar-refractivity contribution in [3.8, 4) is 22.3 Å². The summed E-state index contributed by atoms with van der Waals surface area (Å²) in [5.41, 5.74) is 19.1. The van der Waals surface area contributed by atoms with Crippen molar-refractivity contribution in [1.82, 2.24) is 0 Å². The quantitative estimate of drug-likeness (QED) is 0.161. The molecule has 0 nitrogen and oxygen atoms in total. The zero-order valence-electron chi connectivity index (χ0n) is 31.0. The van der Waals surface area contributed by atoms with Crippen LogP contribution in [0.3, 0.4) is 0 Å². The van der Waals surface area contributed by atoms with Crippen molar-refractivity contribution in [3.63, 3.8) is 0 Å². The first-order chi connectivity index (χ1) is 23.2. The number of rotatable bonds is 5. The summed E-state index contributed by atoms with van der Waals surface area (Å²) in [5.74, 6) is 0.277. The number of fused-ring (bicyclic) bond motifs is 1. The monoisotopic (exact) mass is 652 g/mol. The van der Waals surface area contributed by atoms with Gasteiger partial charge in [-0.05, 0) is 126 Å². The molecule has 5 rings (SSSR count). The second-order valence-corrected chi connectivity index (χ2v) is 11.8. The highest BCUT2D eigenvalue weighted by atomic mass is 32.1.